The summed E-state index contributed by atoms with van der Waals surface area (Å²) in [6, 6.07) is 0.490. The third kappa shape index (κ3) is 4.18. The molecule has 3 unspecified atom stereocenters. The monoisotopic (exact) mass is 268 g/mol. The normalized spacial score (nSPS) is 31.4. The van der Waals surface area contributed by atoms with Crippen molar-refractivity contribution in [3.63, 3.8) is 0 Å². The molecule has 2 aliphatic rings. The van der Waals surface area contributed by atoms with Crippen LogP contribution >= 0.6 is 0 Å². The zero-order valence-corrected chi connectivity index (χ0v) is 12.4. The molecule has 2 aliphatic heterocycles. The first-order valence-corrected chi connectivity index (χ1v) is 7.84. The number of hydrogen-bond acceptors (Lipinski definition) is 3. The molecule has 2 rings (SSSR count). The molecule has 0 saturated carbocycles. The van der Waals surface area contributed by atoms with E-state index in [4.69, 9.17) is 4.74 Å². The maximum absolute atomic E-state index is 12.6. The summed E-state index contributed by atoms with van der Waals surface area (Å²) in [7, 11) is 0. The molecule has 0 aliphatic carbocycles. The summed E-state index contributed by atoms with van der Waals surface area (Å²) in [6.07, 6.45) is 5.91. The van der Waals surface area contributed by atoms with Gasteiger partial charge in [-0.25, -0.2) is 0 Å². The van der Waals surface area contributed by atoms with Crippen LogP contribution in [0.1, 0.15) is 46.0 Å². The van der Waals surface area contributed by atoms with Gasteiger partial charge in [0.1, 0.15) is 0 Å². The number of piperidine rings is 1. The minimum atomic E-state index is 0.0881. The smallest absolute Gasteiger partial charge is 0.228 e. The molecule has 2 saturated heterocycles. The molecule has 0 radical (unpaired) electrons. The standard InChI is InChI=1S/C15H28N2O2/c1-3-8-17(10-14-6-4-5-7-16-14)15(18)13-9-12(2)19-11-13/h12-14,16H,3-11H2,1-2H3. The molecule has 4 nitrogen and oxygen atoms in total. The fourth-order valence-corrected chi connectivity index (χ4v) is 3.15. The van der Waals surface area contributed by atoms with Crippen molar-refractivity contribution in [2.45, 2.75) is 58.1 Å². The van der Waals surface area contributed by atoms with E-state index in [-0.39, 0.29) is 12.0 Å². The quantitative estimate of drug-likeness (QED) is 0.826. The first-order chi connectivity index (χ1) is 9.20. The lowest BCUT2D eigenvalue weighted by Gasteiger charge is -2.31. The molecule has 110 valence electrons. The predicted octanol–water partition coefficient (Wildman–Crippen LogP) is 1.79. The van der Waals surface area contributed by atoms with Crippen LogP contribution in [0.4, 0.5) is 0 Å². The van der Waals surface area contributed by atoms with E-state index in [0.29, 0.717) is 18.6 Å². The van der Waals surface area contributed by atoms with E-state index in [1.54, 1.807) is 0 Å². The fraction of sp³-hybridized carbons (Fsp3) is 0.933. The van der Waals surface area contributed by atoms with Gasteiger partial charge in [-0.1, -0.05) is 13.3 Å². The summed E-state index contributed by atoms with van der Waals surface area (Å²) < 4.78 is 5.54. The highest BCUT2D eigenvalue weighted by molar-refractivity contribution is 5.79. The minimum Gasteiger partial charge on any atom is -0.378 e. The summed E-state index contributed by atoms with van der Waals surface area (Å²) in [5.74, 6) is 0.392. The molecule has 0 bridgehead atoms. The van der Waals surface area contributed by atoms with Crippen LogP contribution in [0, 0.1) is 5.92 Å². The summed E-state index contributed by atoms with van der Waals surface area (Å²) >= 11 is 0. The molecule has 0 aromatic rings. The van der Waals surface area contributed by atoms with Crippen LogP contribution in [0.5, 0.6) is 0 Å². The number of hydrogen-bond donors (Lipinski definition) is 1. The average Bonchev–Trinajstić information content (AvgIpc) is 2.85. The highest BCUT2D eigenvalue weighted by atomic mass is 16.5. The Morgan fingerprint density at radius 1 is 1.42 bits per heavy atom. The van der Waals surface area contributed by atoms with E-state index in [9.17, 15) is 4.79 Å². The molecule has 0 aromatic carbocycles. The number of ether oxygens (including phenoxy) is 1. The molecule has 2 heterocycles. The lowest BCUT2D eigenvalue weighted by atomic mass is 10.0. The maximum Gasteiger partial charge on any atom is 0.228 e. The van der Waals surface area contributed by atoms with Gasteiger partial charge in [0.05, 0.1) is 18.6 Å². The van der Waals surface area contributed by atoms with Crippen molar-refractivity contribution < 1.29 is 9.53 Å². The van der Waals surface area contributed by atoms with Crippen molar-refractivity contribution in [3.05, 3.63) is 0 Å². The van der Waals surface area contributed by atoms with Crippen LogP contribution < -0.4 is 5.32 Å². The maximum atomic E-state index is 12.6. The van der Waals surface area contributed by atoms with Crippen LogP contribution in [0.15, 0.2) is 0 Å². The topological polar surface area (TPSA) is 41.6 Å². The van der Waals surface area contributed by atoms with Gasteiger partial charge in [-0.2, -0.15) is 0 Å². The average molecular weight is 268 g/mol. The van der Waals surface area contributed by atoms with E-state index in [1.807, 2.05) is 0 Å². The second-order valence-corrected chi connectivity index (χ2v) is 6.01. The Morgan fingerprint density at radius 2 is 2.26 bits per heavy atom. The Labute approximate surface area is 116 Å². The summed E-state index contributed by atoms with van der Waals surface area (Å²) in [5.41, 5.74) is 0. The van der Waals surface area contributed by atoms with Crippen molar-refractivity contribution in [1.82, 2.24) is 10.2 Å². The molecular weight excluding hydrogens is 240 g/mol. The van der Waals surface area contributed by atoms with Gasteiger partial charge in [-0.15, -0.1) is 0 Å². The second-order valence-electron chi connectivity index (χ2n) is 6.01. The lowest BCUT2D eigenvalue weighted by Crippen LogP contribution is -2.47. The van der Waals surface area contributed by atoms with Gasteiger partial charge in [0.15, 0.2) is 0 Å². The van der Waals surface area contributed by atoms with E-state index in [1.165, 1.54) is 19.3 Å². The van der Waals surface area contributed by atoms with Crippen molar-refractivity contribution in [3.8, 4) is 0 Å². The number of carbonyl (C=O) groups excluding carboxylic acids is 1. The molecule has 2 fully saturated rings. The third-order valence-corrected chi connectivity index (χ3v) is 4.21. The van der Waals surface area contributed by atoms with E-state index in [0.717, 1.165) is 32.5 Å². The molecule has 19 heavy (non-hydrogen) atoms. The SMILES string of the molecule is CCCN(CC1CCCCN1)C(=O)C1COC(C)C1. The van der Waals surface area contributed by atoms with Crippen LogP contribution in [0.2, 0.25) is 0 Å². The summed E-state index contributed by atoms with van der Waals surface area (Å²) in [6.45, 7) is 7.66. The van der Waals surface area contributed by atoms with Crippen LogP contribution in [-0.2, 0) is 9.53 Å². The Bertz CT molecular complexity index is 290. The Morgan fingerprint density at radius 3 is 2.84 bits per heavy atom. The molecule has 0 aromatic heterocycles. The van der Waals surface area contributed by atoms with Gasteiger partial charge in [0.25, 0.3) is 0 Å². The van der Waals surface area contributed by atoms with E-state index in [2.05, 4.69) is 24.1 Å². The first kappa shape index (κ1) is 14.8. The van der Waals surface area contributed by atoms with Crippen LogP contribution in [0.3, 0.4) is 0 Å². The molecule has 0 spiro atoms. The van der Waals surface area contributed by atoms with Gasteiger partial charge in [0, 0.05) is 19.1 Å². The van der Waals surface area contributed by atoms with E-state index < -0.39 is 0 Å². The summed E-state index contributed by atoms with van der Waals surface area (Å²) in [5, 5.41) is 3.54. The minimum absolute atomic E-state index is 0.0881. The Hall–Kier alpha value is -0.610. The molecule has 1 N–H and O–H groups in total. The van der Waals surface area contributed by atoms with Crippen molar-refractivity contribution in [2.75, 3.05) is 26.2 Å². The van der Waals surface area contributed by atoms with Gasteiger partial charge in [-0.3, -0.25) is 4.79 Å². The largest absolute Gasteiger partial charge is 0.378 e. The van der Waals surface area contributed by atoms with Gasteiger partial charge in [0.2, 0.25) is 5.91 Å². The van der Waals surface area contributed by atoms with Crippen molar-refractivity contribution >= 4 is 5.91 Å². The Kier molecular flexibility index (Phi) is 5.64. The number of amides is 1. The molecule has 4 heteroatoms. The van der Waals surface area contributed by atoms with Gasteiger partial charge in [-0.05, 0) is 39.2 Å². The molecule has 1 amide bonds. The fourth-order valence-electron chi connectivity index (χ4n) is 3.15. The van der Waals surface area contributed by atoms with E-state index >= 15 is 0 Å². The zero-order chi connectivity index (χ0) is 13.7. The number of rotatable bonds is 5. The molecular formula is C15H28N2O2. The van der Waals surface area contributed by atoms with Crippen molar-refractivity contribution in [2.24, 2.45) is 5.92 Å². The second kappa shape index (κ2) is 7.25. The van der Waals surface area contributed by atoms with Gasteiger partial charge < -0.3 is 15.0 Å². The Balaban J connectivity index is 1.88. The number of carbonyl (C=O) groups is 1. The number of nitrogens with zero attached hydrogens (tertiary/aromatic N) is 1. The highest BCUT2D eigenvalue weighted by Crippen LogP contribution is 2.22. The molecule has 3 atom stereocenters. The van der Waals surface area contributed by atoms with Crippen LogP contribution in [0.25, 0.3) is 0 Å². The summed E-state index contributed by atoms with van der Waals surface area (Å²) in [4.78, 5) is 14.6. The predicted molar refractivity (Wildman–Crippen MR) is 76.0 cm³/mol. The van der Waals surface area contributed by atoms with Crippen molar-refractivity contribution in [1.29, 1.82) is 0 Å². The van der Waals surface area contributed by atoms with Gasteiger partial charge >= 0.3 is 0 Å². The third-order valence-electron chi connectivity index (χ3n) is 4.21. The number of nitrogens with one attached hydrogen (secondary N) is 1. The van der Waals surface area contributed by atoms with Crippen LogP contribution in [-0.4, -0.2) is 49.2 Å². The highest BCUT2D eigenvalue weighted by Gasteiger charge is 2.32. The first-order valence-electron chi connectivity index (χ1n) is 7.84. The zero-order valence-electron chi connectivity index (χ0n) is 12.4. The lowest BCUT2D eigenvalue weighted by molar-refractivity contribution is -0.136.